The fraction of sp³-hybridized carbons (Fsp3) is 0.357. The fourth-order valence-corrected chi connectivity index (χ4v) is 2.42. The van der Waals surface area contributed by atoms with Gasteiger partial charge in [-0.2, -0.15) is 5.26 Å². The smallest absolute Gasteiger partial charge is 0.335 e. The Hall–Kier alpha value is -2.55. The fourth-order valence-electron chi connectivity index (χ4n) is 2.42. The maximum Gasteiger partial charge on any atom is 0.335 e. The minimum atomic E-state index is -1.07. The van der Waals surface area contributed by atoms with Crippen LogP contribution in [0.1, 0.15) is 29.3 Å². The zero-order valence-corrected chi connectivity index (χ0v) is 11.1. The predicted molar refractivity (Wildman–Crippen MR) is 72.6 cm³/mol. The van der Waals surface area contributed by atoms with Crippen LogP contribution < -0.4 is 10.2 Å². The van der Waals surface area contributed by atoms with E-state index in [2.05, 4.69) is 5.32 Å². The van der Waals surface area contributed by atoms with E-state index in [4.69, 9.17) is 5.11 Å². The normalized spacial score (nSPS) is 18.3. The van der Waals surface area contributed by atoms with E-state index in [0.29, 0.717) is 25.2 Å². The van der Waals surface area contributed by atoms with Gasteiger partial charge in [0.05, 0.1) is 16.8 Å². The van der Waals surface area contributed by atoms with Crippen molar-refractivity contribution in [2.75, 3.05) is 18.0 Å². The Morgan fingerprint density at radius 2 is 2.35 bits per heavy atom. The lowest BCUT2D eigenvalue weighted by molar-refractivity contribution is -0.123. The van der Waals surface area contributed by atoms with Gasteiger partial charge in [0.2, 0.25) is 5.91 Å². The van der Waals surface area contributed by atoms with E-state index in [1.54, 1.807) is 6.07 Å². The van der Waals surface area contributed by atoms with Crippen LogP contribution in [0.25, 0.3) is 0 Å². The monoisotopic (exact) mass is 273 g/mol. The number of rotatable bonds is 3. The van der Waals surface area contributed by atoms with Gasteiger partial charge in [0.1, 0.15) is 12.1 Å². The number of hydrogen-bond acceptors (Lipinski definition) is 4. The van der Waals surface area contributed by atoms with Crippen LogP contribution in [0.5, 0.6) is 0 Å². The second kappa shape index (κ2) is 5.61. The van der Waals surface area contributed by atoms with Gasteiger partial charge >= 0.3 is 5.97 Å². The summed E-state index contributed by atoms with van der Waals surface area (Å²) in [5.74, 6) is -1.14. The van der Waals surface area contributed by atoms with Crippen molar-refractivity contribution in [2.24, 2.45) is 0 Å². The number of carbonyl (C=O) groups is 2. The van der Waals surface area contributed by atoms with Crippen LogP contribution in [0.3, 0.4) is 0 Å². The van der Waals surface area contributed by atoms with E-state index in [9.17, 15) is 14.9 Å². The van der Waals surface area contributed by atoms with Crippen LogP contribution in [0, 0.1) is 11.3 Å². The minimum absolute atomic E-state index is 0.0649. The highest BCUT2D eigenvalue weighted by atomic mass is 16.4. The summed E-state index contributed by atoms with van der Waals surface area (Å²) >= 11 is 0. The van der Waals surface area contributed by atoms with Gasteiger partial charge in [0, 0.05) is 13.1 Å². The standard InChI is InChI=1S/C14H15N3O3/c1-2-11-13(18)16-5-6-17(11)12-4-3-9(14(19)20)7-10(12)8-15/h3-4,7,11H,2,5-6H2,1H3,(H,16,18)(H,19,20). The summed E-state index contributed by atoms with van der Waals surface area (Å²) in [5.41, 5.74) is 0.956. The number of anilines is 1. The van der Waals surface area contributed by atoms with Crippen molar-refractivity contribution in [2.45, 2.75) is 19.4 Å². The number of aromatic carboxylic acids is 1. The molecule has 6 heteroatoms. The minimum Gasteiger partial charge on any atom is -0.478 e. The lowest BCUT2D eigenvalue weighted by Crippen LogP contribution is -2.55. The highest BCUT2D eigenvalue weighted by Crippen LogP contribution is 2.25. The Labute approximate surface area is 116 Å². The van der Waals surface area contributed by atoms with Gasteiger partial charge in [0.25, 0.3) is 0 Å². The third kappa shape index (κ3) is 2.43. The topological polar surface area (TPSA) is 93.4 Å². The number of carboxylic acid groups (broad SMARTS) is 1. The number of benzene rings is 1. The molecule has 1 aliphatic heterocycles. The summed E-state index contributed by atoms with van der Waals surface area (Å²) in [7, 11) is 0. The maximum atomic E-state index is 11.9. The van der Waals surface area contributed by atoms with Crippen LogP contribution in [0.15, 0.2) is 18.2 Å². The summed E-state index contributed by atoms with van der Waals surface area (Å²) in [6.07, 6.45) is 0.622. The van der Waals surface area contributed by atoms with E-state index in [0.717, 1.165) is 0 Å². The van der Waals surface area contributed by atoms with Crippen molar-refractivity contribution >= 4 is 17.6 Å². The van der Waals surface area contributed by atoms with E-state index in [1.807, 2.05) is 17.9 Å². The molecule has 2 rings (SSSR count). The van der Waals surface area contributed by atoms with Gasteiger partial charge in [-0.15, -0.1) is 0 Å². The zero-order valence-electron chi connectivity index (χ0n) is 11.1. The molecular formula is C14H15N3O3. The summed E-state index contributed by atoms with van der Waals surface area (Å²) in [4.78, 5) is 24.7. The summed E-state index contributed by atoms with van der Waals surface area (Å²) < 4.78 is 0. The SMILES string of the molecule is CCC1C(=O)NCCN1c1ccc(C(=O)O)cc1C#N. The third-order valence-corrected chi connectivity index (χ3v) is 3.39. The molecule has 1 amide bonds. The highest BCUT2D eigenvalue weighted by Gasteiger charge is 2.29. The quantitative estimate of drug-likeness (QED) is 0.856. The van der Waals surface area contributed by atoms with Gasteiger partial charge in [-0.25, -0.2) is 4.79 Å². The number of nitriles is 1. The van der Waals surface area contributed by atoms with E-state index in [1.165, 1.54) is 12.1 Å². The number of nitrogens with zero attached hydrogens (tertiary/aromatic N) is 2. The van der Waals surface area contributed by atoms with Crippen LogP contribution in [0.2, 0.25) is 0 Å². The number of piperazine rings is 1. The molecule has 20 heavy (non-hydrogen) atoms. The molecule has 0 aliphatic carbocycles. The van der Waals surface area contributed by atoms with Gasteiger partial charge in [-0.05, 0) is 24.6 Å². The molecule has 1 aromatic carbocycles. The van der Waals surface area contributed by atoms with Crippen molar-refractivity contribution in [1.82, 2.24) is 5.32 Å². The Morgan fingerprint density at radius 1 is 1.60 bits per heavy atom. The number of carboxylic acids is 1. The van der Waals surface area contributed by atoms with Gasteiger partial charge in [-0.3, -0.25) is 4.79 Å². The Balaban J connectivity index is 2.43. The van der Waals surface area contributed by atoms with Crippen molar-refractivity contribution in [3.63, 3.8) is 0 Å². The summed E-state index contributed by atoms with van der Waals surface area (Å²) in [6, 6.07) is 6.08. The molecule has 0 saturated carbocycles. The molecule has 0 bridgehead atoms. The van der Waals surface area contributed by atoms with Crippen LogP contribution in [-0.4, -0.2) is 36.1 Å². The number of nitrogens with one attached hydrogen (secondary N) is 1. The molecular weight excluding hydrogens is 258 g/mol. The Bertz CT molecular complexity index is 592. The first-order chi connectivity index (χ1) is 9.58. The Kier molecular flexibility index (Phi) is 3.89. The Morgan fingerprint density at radius 3 is 2.95 bits per heavy atom. The van der Waals surface area contributed by atoms with Crippen LogP contribution in [-0.2, 0) is 4.79 Å². The molecule has 0 radical (unpaired) electrons. The lowest BCUT2D eigenvalue weighted by Gasteiger charge is -2.36. The van der Waals surface area contributed by atoms with E-state index < -0.39 is 5.97 Å². The second-order valence-corrected chi connectivity index (χ2v) is 4.56. The average molecular weight is 273 g/mol. The van der Waals surface area contributed by atoms with Crippen molar-refractivity contribution in [3.8, 4) is 6.07 Å². The molecule has 104 valence electrons. The molecule has 1 aliphatic rings. The molecule has 1 aromatic rings. The van der Waals surface area contributed by atoms with Gasteiger partial charge in [-0.1, -0.05) is 6.92 Å². The summed E-state index contributed by atoms with van der Waals surface area (Å²) in [5, 5.41) is 21.0. The number of carbonyl (C=O) groups excluding carboxylic acids is 1. The molecule has 1 heterocycles. The molecule has 2 N–H and O–H groups in total. The first kappa shape index (κ1) is 13.9. The van der Waals surface area contributed by atoms with Crippen molar-refractivity contribution < 1.29 is 14.7 Å². The summed E-state index contributed by atoms with van der Waals surface area (Å²) in [6.45, 7) is 3.02. The predicted octanol–water partition coefficient (Wildman–Crippen LogP) is 0.971. The van der Waals surface area contributed by atoms with Gasteiger partial charge < -0.3 is 15.3 Å². The second-order valence-electron chi connectivity index (χ2n) is 4.56. The molecule has 1 atom stereocenters. The van der Waals surface area contributed by atoms with Gasteiger partial charge in [0.15, 0.2) is 0 Å². The van der Waals surface area contributed by atoms with E-state index in [-0.39, 0.29) is 23.1 Å². The first-order valence-electron chi connectivity index (χ1n) is 6.40. The van der Waals surface area contributed by atoms with Crippen molar-refractivity contribution in [3.05, 3.63) is 29.3 Å². The largest absolute Gasteiger partial charge is 0.478 e. The molecule has 1 saturated heterocycles. The molecule has 0 spiro atoms. The number of amides is 1. The lowest BCUT2D eigenvalue weighted by atomic mass is 10.0. The molecule has 1 unspecified atom stereocenters. The maximum absolute atomic E-state index is 11.9. The number of hydrogen-bond donors (Lipinski definition) is 2. The molecule has 0 aromatic heterocycles. The van der Waals surface area contributed by atoms with Crippen LogP contribution in [0.4, 0.5) is 5.69 Å². The van der Waals surface area contributed by atoms with E-state index >= 15 is 0 Å². The first-order valence-corrected chi connectivity index (χ1v) is 6.40. The van der Waals surface area contributed by atoms with Crippen molar-refractivity contribution in [1.29, 1.82) is 5.26 Å². The highest BCUT2D eigenvalue weighted by molar-refractivity contribution is 5.90. The third-order valence-electron chi connectivity index (χ3n) is 3.39. The van der Waals surface area contributed by atoms with Crippen LogP contribution >= 0.6 is 0 Å². The molecule has 1 fully saturated rings. The zero-order chi connectivity index (χ0) is 14.7. The average Bonchev–Trinajstić information content (AvgIpc) is 2.46. The molecule has 6 nitrogen and oxygen atoms in total.